The van der Waals surface area contributed by atoms with Crippen molar-refractivity contribution in [3.8, 4) is 11.4 Å². The number of hydrogen-bond acceptors (Lipinski definition) is 3. The molecule has 0 saturated heterocycles. The molecule has 30 heavy (non-hydrogen) atoms. The summed E-state index contributed by atoms with van der Waals surface area (Å²) in [5.41, 5.74) is 4.50. The summed E-state index contributed by atoms with van der Waals surface area (Å²) >= 11 is 0. The highest BCUT2D eigenvalue weighted by Crippen LogP contribution is 2.30. The highest BCUT2D eigenvalue weighted by Gasteiger charge is 2.30. The fourth-order valence-corrected chi connectivity index (χ4v) is 3.78. The molecule has 0 bridgehead atoms. The van der Waals surface area contributed by atoms with E-state index in [4.69, 9.17) is 0 Å². The first-order valence-electron chi connectivity index (χ1n) is 9.79. The van der Waals surface area contributed by atoms with Gasteiger partial charge in [0.05, 0.1) is 16.8 Å². The molecule has 2 aromatic carbocycles. The average Bonchev–Trinajstić information content (AvgIpc) is 2.70. The molecule has 1 aromatic heterocycles. The maximum Gasteiger partial charge on any atom is 0.416 e. The molecule has 0 saturated carbocycles. The maximum absolute atomic E-state index is 12.8. The van der Waals surface area contributed by atoms with Gasteiger partial charge in [0.2, 0.25) is 0 Å². The fourth-order valence-electron chi connectivity index (χ4n) is 3.78. The van der Waals surface area contributed by atoms with Crippen LogP contribution in [0.3, 0.4) is 0 Å². The van der Waals surface area contributed by atoms with Gasteiger partial charge in [0.15, 0.2) is 0 Å². The molecule has 1 aliphatic rings. The number of alkyl halides is 3. The number of nitrogens with zero attached hydrogens (tertiary/aromatic N) is 2. The third-order valence-corrected chi connectivity index (χ3v) is 5.53. The van der Waals surface area contributed by atoms with Crippen LogP contribution < -0.4 is 5.56 Å². The standard InChI is InChI=1S/C23H22F3N3O/c1-14-3-4-15(2)17(11-14)12-29-10-9-20-19(13-29)22(30)28-21(27-20)16-5-7-18(8-6-16)23(24,25)26/h3-8,11H,9-10,12-13H2,1-2H3,(H,27,28,30). The van der Waals surface area contributed by atoms with Crippen LogP contribution in [0.5, 0.6) is 0 Å². The van der Waals surface area contributed by atoms with Gasteiger partial charge in [0, 0.05) is 31.6 Å². The van der Waals surface area contributed by atoms with Crippen LogP contribution in [0.15, 0.2) is 47.3 Å². The molecule has 4 rings (SSSR count). The smallest absolute Gasteiger partial charge is 0.306 e. The molecule has 0 aliphatic carbocycles. The lowest BCUT2D eigenvalue weighted by Crippen LogP contribution is -2.35. The third-order valence-electron chi connectivity index (χ3n) is 5.53. The van der Waals surface area contributed by atoms with Crippen LogP contribution in [0.1, 0.15) is 33.5 Å². The Labute approximate surface area is 172 Å². The van der Waals surface area contributed by atoms with Crippen molar-refractivity contribution in [3.05, 3.63) is 86.3 Å². The maximum atomic E-state index is 12.8. The zero-order valence-electron chi connectivity index (χ0n) is 16.8. The van der Waals surface area contributed by atoms with Crippen molar-refractivity contribution >= 4 is 0 Å². The summed E-state index contributed by atoms with van der Waals surface area (Å²) in [5.74, 6) is 0.301. The van der Waals surface area contributed by atoms with E-state index >= 15 is 0 Å². The van der Waals surface area contributed by atoms with Crippen LogP contribution >= 0.6 is 0 Å². The molecule has 7 heteroatoms. The van der Waals surface area contributed by atoms with Gasteiger partial charge in [0.25, 0.3) is 5.56 Å². The van der Waals surface area contributed by atoms with Crippen LogP contribution in [-0.4, -0.2) is 21.4 Å². The quantitative estimate of drug-likeness (QED) is 0.681. The second kappa shape index (κ2) is 7.72. The summed E-state index contributed by atoms with van der Waals surface area (Å²) in [6.07, 6.45) is -3.77. The Bertz CT molecular complexity index is 1130. The second-order valence-electron chi connectivity index (χ2n) is 7.81. The van der Waals surface area contributed by atoms with E-state index in [2.05, 4.69) is 46.9 Å². The first kappa shape index (κ1) is 20.3. The number of hydrogen-bond donors (Lipinski definition) is 1. The minimum absolute atomic E-state index is 0.236. The van der Waals surface area contributed by atoms with Crippen molar-refractivity contribution in [2.24, 2.45) is 0 Å². The number of aromatic amines is 1. The molecule has 0 unspecified atom stereocenters. The van der Waals surface area contributed by atoms with Crippen molar-refractivity contribution in [2.45, 2.75) is 39.5 Å². The number of rotatable bonds is 3. The van der Waals surface area contributed by atoms with Gasteiger partial charge in [-0.25, -0.2) is 4.98 Å². The van der Waals surface area contributed by atoms with Crippen molar-refractivity contribution in [1.82, 2.24) is 14.9 Å². The molecule has 1 N–H and O–H groups in total. The van der Waals surface area contributed by atoms with Crippen LogP contribution in [0, 0.1) is 13.8 Å². The Morgan fingerprint density at radius 1 is 1.10 bits per heavy atom. The minimum Gasteiger partial charge on any atom is -0.306 e. The summed E-state index contributed by atoms with van der Waals surface area (Å²) in [5, 5.41) is 0. The number of aryl methyl sites for hydroxylation is 2. The normalized spacial score (nSPS) is 14.6. The van der Waals surface area contributed by atoms with E-state index in [0.717, 1.165) is 25.2 Å². The van der Waals surface area contributed by atoms with E-state index in [-0.39, 0.29) is 5.56 Å². The van der Waals surface area contributed by atoms with Gasteiger partial charge in [-0.3, -0.25) is 9.69 Å². The Hall–Kier alpha value is -2.93. The van der Waals surface area contributed by atoms with Gasteiger partial charge in [-0.1, -0.05) is 35.9 Å². The molecule has 3 aromatic rings. The van der Waals surface area contributed by atoms with Gasteiger partial charge in [-0.15, -0.1) is 0 Å². The van der Waals surface area contributed by atoms with Crippen molar-refractivity contribution < 1.29 is 13.2 Å². The monoisotopic (exact) mass is 413 g/mol. The predicted octanol–water partition coefficient (Wildman–Crippen LogP) is 4.63. The summed E-state index contributed by atoms with van der Waals surface area (Å²) in [6.45, 7) is 6.16. The lowest BCUT2D eigenvalue weighted by Gasteiger charge is -2.28. The number of H-pyrrole nitrogens is 1. The molecular weight excluding hydrogens is 391 g/mol. The number of aromatic nitrogens is 2. The molecule has 1 aliphatic heterocycles. The van der Waals surface area contributed by atoms with Crippen molar-refractivity contribution in [2.75, 3.05) is 6.54 Å². The zero-order valence-corrected chi connectivity index (χ0v) is 16.8. The molecular formula is C23H22F3N3O. The first-order valence-corrected chi connectivity index (χ1v) is 9.79. The van der Waals surface area contributed by atoms with Gasteiger partial charge < -0.3 is 4.98 Å². The first-order chi connectivity index (χ1) is 14.2. The largest absolute Gasteiger partial charge is 0.416 e. The molecule has 4 nitrogen and oxygen atoms in total. The van der Waals surface area contributed by atoms with Crippen LogP contribution in [0.4, 0.5) is 13.2 Å². The highest BCUT2D eigenvalue weighted by atomic mass is 19.4. The zero-order chi connectivity index (χ0) is 21.5. The molecule has 0 spiro atoms. The van der Waals surface area contributed by atoms with E-state index in [0.29, 0.717) is 35.6 Å². The third kappa shape index (κ3) is 4.16. The number of halogens is 3. The highest BCUT2D eigenvalue weighted by molar-refractivity contribution is 5.56. The van der Waals surface area contributed by atoms with E-state index in [1.165, 1.54) is 28.8 Å². The lowest BCUT2D eigenvalue weighted by molar-refractivity contribution is -0.137. The second-order valence-corrected chi connectivity index (χ2v) is 7.81. The summed E-state index contributed by atoms with van der Waals surface area (Å²) in [6, 6.07) is 11.0. The number of fused-ring (bicyclic) bond motifs is 1. The molecule has 0 radical (unpaired) electrons. The van der Waals surface area contributed by atoms with E-state index < -0.39 is 11.7 Å². The topological polar surface area (TPSA) is 49.0 Å². The Morgan fingerprint density at radius 2 is 1.83 bits per heavy atom. The van der Waals surface area contributed by atoms with E-state index in [1.807, 2.05) is 0 Å². The molecule has 2 heterocycles. The number of nitrogens with one attached hydrogen (secondary N) is 1. The fraction of sp³-hybridized carbons (Fsp3) is 0.304. The summed E-state index contributed by atoms with van der Waals surface area (Å²) in [4.78, 5) is 22.2. The summed E-state index contributed by atoms with van der Waals surface area (Å²) in [7, 11) is 0. The minimum atomic E-state index is -4.39. The van der Waals surface area contributed by atoms with Gasteiger partial charge in [0.1, 0.15) is 5.82 Å². The van der Waals surface area contributed by atoms with Gasteiger partial charge >= 0.3 is 6.18 Å². The molecule has 0 fully saturated rings. The SMILES string of the molecule is Cc1ccc(C)c(CN2CCc3nc(-c4ccc(C(F)(F)F)cc4)[nH]c(=O)c3C2)c1. The molecule has 156 valence electrons. The van der Waals surface area contributed by atoms with Gasteiger partial charge in [-0.05, 0) is 37.1 Å². The van der Waals surface area contributed by atoms with E-state index in [9.17, 15) is 18.0 Å². The predicted molar refractivity (Wildman–Crippen MR) is 109 cm³/mol. The van der Waals surface area contributed by atoms with Crippen LogP contribution in [-0.2, 0) is 25.7 Å². The van der Waals surface area contributed by atoms with Crippen LogP contribution in [0.2, 0.25) is 0 Å². The Kier molecular flexibility index (Phi) is 5.24. The Balaban J connectivity index is 1.57. The average molecular weight is 413 g/mol. The Morgan fingerprint density at radius 3 is 2.53 bits per heavy atom. The van der Waals surface area contributed by atoms with E-state index in [1.54, 1.807) is 0 Å². The van der Waals surface area contributed by atoms with Gasteiger partial charge in [-0.2, -0.15) is 13.2 Å². The van der Waals surface area contributed by atoms with Crippen LogP contribution in [0.25, 0.3) is 11.4 Å². The molecule has 0 atom stereocenters. The van der Waals surface area contributed by atoms with Crippen molar-refractivity contribution in [3.63, 3.8) is 0 Å². The number of benzene rings is 2. The van der Waals surface area contributed by atoms with Crippen molar-refractivity contribution in [1.29, 1.82) is 0 Å². The molecule has 0 amide bonds. The lowest BCUT2D eigenvalue weighted by atomic mass is 10.0. The summed E-state index contributed by atoms with van der Waals surface area (Å²) < 4.78 is 38.3.